The van der Waals surface area contributed by atoms with Crippen molar-refractivity contribution in [1.82, 2.24) is 0 Å². The van der Waals surface area contributed by atoms with Gasteiger partial charge in [-0.05, 0) is 6.92 Å². The molecule has 1 unspecified atom stereocenters. The van der Waals surface area contributed by atoms with Crippen LogP contribution in [0.15, 0.2) is 0 Å². The van der Waals surface area contributed by atoms with Gasteiger partial charge in [-0.2, -0.15) is 0 Å². The van der Waals surface area contributed by atoms with Gasteiger partial charge in [0, 0.05) is 0 Å². The fraction of sp³-hybridized carbons (Fsp3) is 0.933. The molecule has 168 valence electrons. The summed E-state index contributed by atoms with van der Waals surface area (Å²) in [7, 11) is 0. The summed E-state index contributed by atoms with van der Waals surface area (Å²) in [6.07, 6.45) is -14.8. The molecule has 0 bridgehead atoms. The molecule has 2 rings (SSSR count). The summed E-state index contributed by atoms with van der Waals surface area (Å²) in [6.45, 7) is -1.20. The Bertz CT molecular complexity index is 536. The van der Waals surface area contributed by atoms with Crippen molar-refractivity contribution in [3.63, 3.8) is 0 Å². The summed E-state index contributed by atoms with van der Waals surface area (Å²) in [4.78, 5) is 11.4. The van der Waals surface area contributed by atoms with Gasteiger partial charge >= 0.3 is 43.7 Å². The average molecular weight is 456 g/mol. The molecule has 0 aliphatic carbocycles. The predicted molar refractivity (Wildman–Crippen MR) is 92.7 cm³/mol. The maximum atomic E-state index is 11.4. The Morgan fingerprint density at radius 3 is 2.14 bits per heavy atom. The van der Waals surface area contributed by atoms with Crippen molar-refractivity contribution in [1.29, 1.82) is 0 Å². The number of rotatable bonds is 7. The zero-order chi connectivity index (χ0) is 21.2. The summed E-state index contributed by atoms with van der Waals surface area (Å²) in [5.74, 6) is -3.33. The van der Waals surface area contributed by atoms with Crippen LogP contribution in [0.5, 0.6) is 0 Å². The topological polar surface area (TPSA) is 216 Å². The van der Waals surface area contributed by atoms with Crippen LogP contribution in [-0.4, -0.2) is 165 Å². The molecule has 0 amide bonds. The molecule has 2 aliphatic rings. The van der Waals surface area contributed by atoms with Crippen LogP contribution in [-0.2, 0) is 23.7 Å². The first-order valence-corrected chi connectivity index (χ1v) is 8.55. The van der Waals surface area contributed by atoms with E-state index >= 15 is 0 Å². The first kappa shape index (κ1) is 27.3. The van der Waals surface area contributed by atoms with Gasteiger partial charge in [-0.3, -0.25) is 0 Å². The van der Waals surface area contributed by atoms with Gasteiger partial charge in [0.2, 0.25) is 5.79 Å². The van der Waals surface area contributed by atoms with E-state index in [-0.39, 0.29) is 37.7 Å². The summed E-state index contributed by atoms with van der Waals surface area (Å²) >= 11 is 0. The Morgan fingerprint density at radius 2 is 1.66 bits per heavy atom. The van der Waals surface area contributed by atoms with Crippen LogP contribution in [0.2, 0.25) is 0 Å². The maximum absolute atomic E-state index is 11.4. The van der Waals surface area contributed by atoms with Gasteiger partial charge in [-0.1, -0.05) is 0 Å². The third-order valence-electron chi connectivity index (χ3n) is 4.62. The minimum atomic E-state index is -2.30. The van der Waals surface area contributed by atoms with Crippen LogP contribution >= 0.6 is 0 Å². The van der Waals surface area contributed by atoms with Crippen LogP contribution in [0.3, 0.4) is 0 Å². The van der Waals surface area contributed by atoms with Gasteiger partial charge in [0.05, 0.1) is 6.61 Å². The molecule has 14 heteroatoms. The number of aliphatic hydroxyl groups excluding tert-OH is 8. The minimum absolute atomic E-state index is 0. The predicted octanol–water partition coefficient (Wildman–Crippen LogP) is -6.38. The van der Waals surface area contributed by atoms with Crippen LogP contribution in [0.25, 0.3) is 0 Å². The van der Waals surface area contributed by atoms with Crippen molar-refractivity contribution in [3.8, 4) is 0 Å². The number of esters is 1. The molecule has 2 fully saturated rings. The second-order valence-corrected chi connectivity index (χ2v) is 6.68. The van der Waals surface area contributed by atoms with Crippen LogP contribution in [0.1, 0.15) is 6.92 Å². The molecule has 0 aromatic carbocycles. The van der Waals surface area contributed by atoms with Crippen molar-refractivity contribution in [3.05, 3.63) is 0 Å². The number of aliphatic hydroxyl groups is 8. The fourth-order valence-corrected chi connectivity index (χ4v) is 2.90. The molecule has 0 saturated carbocycles. The van der Waals surface area contributed by atoms with Gasteiger partial charge in [0.25, 0.3) is 0 Å². The van der Waals surface area contributed by atoms with E-state index in [4.69, 9.17) is 29.2 Å². The summed E-state index contributed by atoms with van der Waals surface area (Å²) in [5, 5.41) is 78.0. The van der Waals surface area contributed by atoms with Crippen molar-refractivity contribution in [2.75, 3.05) is 19.8 Å². The number of carbonyl (C=O) groups excluding carboxylic acids is 1. The zero-order valence-electron chi connectivity index (χ0n) is 14.9. The van der Waals surface area contributed by atoms with E-state index in [1.54, 1.807) is 0 Å². The summed E-state index contributed by atoms with van der Waals surface area (Å²) in [6, 6.07) is 0. The van der Waals surface area contributed by atoms with Gasteiger partial charge in [-0.15, -0.1) is 0 Å². The van der Waals surface area contributed by atoms with E-state index in [0.717, 1.165) is 6.92 Å². The van der Waals surface area contributed by atoms with Gasteiger partial charge in [0.1, 0.15) is 62.0 Å². The van der Waals surface area contributed by atoms with E-state index < -0.39 is 86.7 Å². The third-order valence-corrected chi connectivity index (χ3v) is 4.62. The van der Waals surface area contributed by atoms with E-state index in [0.29, 0.717) is 0 Å². The van der Waals surface area contributed by atoms with Crippen molar-refractivity contribution in [2.45, 2.75) is 67.8 Å². The molecule has 2 saturated heterocycles. The molecule has 8 N–H and O–H groups in total. The molecule has 0 radical (unpaired) electrons. The molecular formula is C15H28CaO13. The fourth-order valence-electron chi connectivity index (χ4n) is 2.90. The van der Waals surface area contributed by atoms with E-state index in [1.165, 1.54) is 0 Å². The molecular weight excluding hydrogens is 428 g/mol. The molecule has 2 aliphatic heterocycles. The molecule has 0 aromatic rings. The second kappa shape index (κ2) is 11.2. The van der Waals surface area contributed by atoms with E-state index in [9.17, 15) is 35.4 Å². The van der Waals surface area contributed by atoms with Crippen molar-refractivity contribution < 1.29 is 64.6 Å². The number of carbonyl (C=O) groups is 1. The van der Waals surface area contributed by atoms with Gasteiger partial charge in [0.15, 0.2) is 6.29 Å². The van der Waals surface area contributed by atoms with Crippen molar-refractivity contribution >= 4 is 43.7 Å². The van der Waals surface area contributed by atoms with Gasteiger partial charge in [-0.25, -0.2) is 4.79 Å². The monoisotopic (exact) mass is 456 g/mol. The van der Waals surface area contributed by atoms with Gasteiger partial charge < -0.3 is 59.8 Å². The van der Waals surface area contributed by atoms with Crippen LogP contribution in [0.4, 0.5) is 0 Å². The Morgan fingerprint density at radius 1 is 1.03 bits per heavy atom. The first-order chi connectivity index (χ1) is 13.1. The molecule has 0 aromatic heterocycles. The average Bonchev–Trinajstić information content (AvgIpc) is 2.92. The number of hydrogen-bond acceptors (Lipinski definition) is 13. The third kappa shape index (κ3) is 5.75. The molecule has 13 nitrogen and oxygen atoms in total. The van der Waals surface area contributed by atoms with E-state index in [2.05, 4.69) is 0 Å². The number of hydrogen-bond donors (Lipinski definition) is 8. The normalized spacial score (nSPS) is 43.5. The molecule has 0 spiro atoms. The van der Waals surface area contributed by atoms with Crippen molar-refractivity contribution in [2.24, 2.45) is 0 Å². The Balaban J connectivity index is 0.00000420. The van der Waals surface area contributed by atoms with Crippen LogP contribution in [0, 0.1) is 0 Å². The standard InChI is InChI=1S/C15H26O13.Ca.2H/c1-5(18)13(24)25-3-7-8(19)10(21)11(22)14(26-7)28-15(4-17)12(23)9(20)6(2-16)27-15;;;/h5-12,14,16-23H,2-4H2,1H3;;;/t5?,6-,7-,8-,9-,10+,11-,12+,14-,15+;;;/m1.../s1. The Kier molecular flexibility index (Phi) is 10.6. The Hall–Kier alpha value is 0.290. The first-order valence-electron chi connectivity index (χ1n) is 8.55. The Labute approximate surface area is 195 Å². The zero-order valence-corrected chi connectivity index (χ0v) is 14.9. The SMILES string of the molecule is CC(O)C(=O)OC[C@H]1O[C@H](O[C@]2(CO)O[C@H](CO)[C@@H](O)[C@@H]2O)[C@H](O)[C@@H](O)[C@@H]1O.[CaH2]. The molecule has 29 heavy (non-hydrogen) atoms. The second-order valence-electron chi connectivity index (χ2n) is 6.68. The number of ether oxygens (including phenoxy) is 4. The summed E-state index contributed by atoms with van der Waals surface area (Å²) < 4.78 is 20.4. The van der Waals surface area contributed by atoms with Crippen LogP contribution < -0.4 is 0 Å². The quantitative estimate of drug-likeness (QED) is 0.132. The summed E-state index contributed by atoms with van der Waals surface area (Å²) in [5.41, 5.74) is 0. The van der Waals surface area contributed by atoms with E-state index in [1.807, 2.05) is 0 Å². The molecule has 10 atom stereocenters. The molecule has 2 heterocycles.